The van der Waals surface area contributed by atoms with Gasteiger partial charge in [-0.05, 0) is 25.2 Å². The topological polar surface area (TPSA) is 30.5 Å². The van der Waals surface area contributed by atoms with E-state index in [0.29, 0.717) is 13.2 Å². The lowest BCUT2D eigenvalue weighted by molar-refractivity contribution is 0.0711. The minimum Gasteiger partial charge on any atom is -0.382 e. The standard InChI is InChI=1S/C11H23NO2/c1-10-3-4-11(9-10)12-5-6-14-8-7-13-2/h10-12H,3-9H2,1-2H3. The van der Waals surface area contributed by atoms with Crippen LogP contribution >= 0.6 is 0 Å². The van der Waals surface area contributed by atoms with Gasteiger partial charge in [-0.1, -0.05) is 6.92 Å². The van der Waals surface area contributed by atoms with Crippen LogP contribution in [0.15, 0.2) is 0 Å². The molecule has 1 saturated carbocycles. The molecule has 3 heteroatoms. The molecule has 1 aliphatic carbocycles. The zero-order chi connectivity index (χ0) is 10.2. The third kappa shape index (κ3) is 4.94. The summed E-state index contributed by atoms with van der Waals surface area (Å²) < 4.78 is 10.3. The van der Waals surface area contributed by atoms with Gasteiger partial charge in [0.25, 0.3) is 0 Å². The van der Waals surface area contributed by atoms with Gasteiger partial charge in [0.15, 0.2) is 0 Å². The van der Waals surface area contributed by atoms with Crippen LogP contribution in [0, 0.1) is 5.92 Å². The van der Waals surface area contributed by atoms with Gasteiger partial charge in [0, 0.05) is 19.7 Å². The largest absolute Gasteiger partial charge is 0.382 e. The lowest BCUT2D eigenvalue weighted by atomic mass is 10.1. The second kappa shape index (κ2) is 7.21. The first kappa shape index (κ1) is 12.0. The summed E-state index contributed by atoms with van der Waals surface area (Å²) in [5, 5.41) is 3.52. The summed E-state index contributed by atoms with van der Waals surface area (Å²) in [6.07, 6.45) is 4.04. The Morgan fingerprint density at radius 1 is 1.21 bits per heavy atom. The van der Waals surface area contributed by atoms with Crippen LogP contribution in [0.25, 0.3) is 0 Å². The molecule has 0 spiro atoms. The van der Waals surface area contributed by atoms with Gasteiger partial charge in [-0.25, -0.2) is 0 Å². The Balaban J connectivity index is 1.84. The fraction of sp³-hybridized carbons (Fsp3) is 1.00. The summed E-state index contributed by atoms with van der Waals surface area (Å²) in [7, 11) is 1.70. The molecule has 1 N–H and O–H groups in total. The molecule has 0 aliphatic heterocycles. The van der Waals surface area contributed by atoms with E-state index in [1.165, 1.54) is 19.3 Å². The minimum atomic E-state index is 0.695. The molecule has 14 heavy (non-hydrogen) atoms. The average molecular weight is 201 g/mol. The van der Waals surface area contributed by atoms with Crippen molar-refractivity contribution >= 4 is 0 Å². The second-order valence-corrected chi connectivity index (χ2v) is 4.17. The Kier molecular flexibility index (Phi) is 6.15. The molecule has 1 fully saturated rings. The van der Waals surface area contributed by atoms with Crippen molar-refractivity contribution in [2.45, 2.75) is 32.2 Å². The molecule has 0 aromatic carbocycles. The van der Waals surface area contributed by atoms with Crippen LogP contribution < -0.4 is 5.32 Å². The lowest BCUT2D eigenvalue weighted by Gasteiger charge is -2.12. The van der Waals surface area contributed by atoms with Crippen LogP contribution in [0.5, 0.6) is 0 Å². The van der Waals surface area contributed by atoms with Crippen molar-refractivity contribution in [3.63, 3.8) is 0 Å². The van der Waals surface area contributed by atoms with Crippen LogP contribution in [-0.2, 0) is 9.47 Å². The summed E-state index contributed by atoms with van der Waals surface area (Å²) in [4.78, 5) is 0. The Bertz CT molecular complexity index is 141. The van der Waals surface area contributed by atoms with E-state index >= 15 is 0 Å². The molecule has 0 amide bonds. The molecule has 2 atom stereocenters. The quantitative estimate of drug-likeness (QED) is 0.632. The highest BCUT2D eigenvalue weighted by molar-refractivity contribution is 4.77. The highest BCUT2D eigenvalue weighted by Crippen LogP contribution is 2.24. The molecule has 2 unspecified atom stereocenters. The van der Waals surface area contributed by atoms with Crippen molar-refractivity contribution < 1.29 is 9.47 Å². The second-order valence-electron chi connectivity index (χ2n) is 4.17. The van der Waals surface area contributed by atoms with Crippen molar-refractivity contribution in [2.75, 3.05) is 33.5 Å². The monoisotopic (exact) mass is 201 g/mol. The van der Waals surface area contributed by atoms with Crippen LogP contribution in [0.1, 0.15) is 26.2 Å². The first-order valence-electron chi connectivity index (χ1n) is 5.63. The summed E-state index contributed by atoms with van der Waals surface area (Å²) in [5.41, 5.74) is 0. The van der Waals surface area contributed by atoms with Crippen molar-refractivity contribution in [3.8, 4) is 0 Å². The van der Waals surface area contributed by atoms with Gasteiger partial charge in [-0.15, -0.1) is 0 Å². The molecule has 0 saturated heterocycles. The van der Waals surface area contributed by atoms with Gasteiger partial charge >= 0.3 is 0 Å². The third-order valence-electron chi connectivity index (χ3n) is 2.81. The highest BCUT2D eigenvalue weighted by atomic mass is 16.5. The van der Waals surface area contributed by atoms with Gasteiger partial charge in [-0.3, -0.25) is 0 Å². The van der Waals surface area contributed by atoms with Crippen molar-refractivity contribution in [1.82, 2.24) is 5.32 Å². The molecule has 0 bridgehead atoms. The maximum atomic E-state index is 5.37. The maximum Gasteiger partial charge on any atom is 0.0700 e. The van der Waals surface area contributed by atoms with Gasteiger partial charge in [-0.2, -0.15) is 0 Å². The fourth-order valence-electron chi connectivity index (χ4n) is 1.97. The fourth-order valence-corrected chi connectivity index (χ4v) is 1.97. The summed E-state index contributed by atoms with van der Waals surface area (Å²) in [6, 6.07) is 0.732. The number of nitrogens with one attached hydrogen (secondary N) is 1. The maximum absolute atomic E-state index is 5.37. The molecule has 0 radical (unpaired) electrons. The zero-order valence-electron chi connectivity index (χ0n) is 9.42. The van der Waals surface area contributed by atoms with Crippen LogP contribution in [-0.4, -0.2) is 39.5 Å². The van der Waals surface area contributed by atoms with E-state index in [-0.39, 0.29) is 0 Å². The van der Waals surface area contributed by atoms with Crippen molar-refractivity contribution in [2.24, 2.45) is 5.92 Å². The Hall–Kier alpha value is -0.120. The van der Waals surface area contributed by atoms with E-state index in [2.05, 4.69) is 12.2 Å². The van der Waals surface area contributed by atoms with Crippen molar-refractivity contribution in [1.29, 1.82) is 0 Å². The van der Waals surface area contributed by atoms with Gasteiger partial charge < -0.3 is 14.8 Å². The third-order valence-corrected chi connectivity index (χ3v) is 2.81. The van der Waals surface area contributed by atoms with Gasteiger partial charge in [0.05, 0.1) is 19.8 Å². The molecule has 1 rings (SSSR count). The average Bonchev–Trinajstić information content (AvgIpc) is 2.58. The van der Waals surface area contributed by atoms with Gasteiger partial charge in [0.2, 0.25) is 0 Å². The SMILES string of the molecule is COCCOCCNC1CCC(C)C1. The Labute approximate surface area is 87.2 Å². The summed E-state index contributed by atoms with van der Waals surface area (Å²) in [5.74, 6) is 0.905. The van der Waals surface area contributed by atoms with E-state index in [1.54, 1.807) is 7.11 Å². The molecular weight excluding hydrogens is 178 g/mol. The van der Waals surface area contributed by atoms with Gasteiger partial charge in [0.1, 0.15) is 0 Å². The zero-order valence-corrected chi connectivity index (χ0v) is 9.42. The molecule has 0 aromatic heterocycles. The number of hydrogen-bond acceptors (Lipinski definition) is 3. The van der Waals surface area contributed by atoms with Crippen molar-refractivity contribution in [3.05, 3.63) is 0 Å². The van der Waals surface area contributed by atoms with E-state index in [4.69, 9.17) is 9.47 Å². The van der Waals surface area contributed by atoms with E-state index in [1.807, 2.05) is 0 Å². The molecule has 84 valence electrons. The number of ether oxygens (including phenoxy) is 2. The predicted octanol–water partition coefficient (Wildman–Crippen LogP) is 1.43. The van der Waals surface area contributed by atoms with E-state index in [0.717, 1.165) is 25.1 Å². The van der Waals surface area contributed by atoms with E-state index < -0.39 is 0 Å². The Morgan fingerprint density at radius 3 is 2.71 bits per heavy atom. The van der Waals surface area contributed by atoms with Crippen LogP contribution in [0.2, 0.25) is 0 Å². The summed E-state index contributed by atoms with van der Waals surface area (Å²) >= 11 is 0. The van der Waals surface area contributed by atoms with E-state index in [9.17, 15) is 0 Å². The Morgan fingerprint density at radius 2 is 2.07 bits per heavy atom. The number of rotatable bonds is 7. The molecule has 1 aliphatic rings. The number of hydrogen-bond donors (Lipinski definition) is 1. The number of methoxy groups -OCH3 is 1. The molecular formula is C11H23NO2. The van der Waals surface area contributed by atoms with Crippen LogP contribution in [0.4, 0.5) is 0 Å². The minimum absolute atomic E-state index is 0.695. The smallest absolute Gasteiger partial charge is 0.0700 e. The molecule has 0 aromatic rings. The highest BCUT2D eigenvalue weighted by Gasteiger charge is 2.19. The molecule has 3 nitrogen and oxygen atoms in total. The lowest BCUT2D eigenvalue weighted by Crippen LogP contribution is -2.30. The normalized spacial score (nSPS) is 27.0. The first-order chi connectivity index (χ1) is 6.83. The molecule has 0 heterocycles. The van der Waals surface area contributed by atoms with Crippen LogP contribution in [0.3, 0.4) is 0 Å². The first-order valence-corrected chi connectivity index (χ1v) is 5.63. The predicted molar refractivity (Wildman–Crippen MR) is 57.5 cm³/mol. The summed E-state index contributed by atoms with van der Waals surface area (Å²) in [6.45, 7) is 5.51.